The lowest BCUT2D eigenvalue weighted by Gasteiger charge is -2.21. The monoisotopic (exact) mass is 288 g/mol. The molecular weight excluding hydrogens is 267 g/mol. The van der Waals surface area contributed by atoms with Crippen molar-refractivity contribution in [1.82, 2.24) is 9.97 Å². The zero-order chi connectivity index (χ0) is 15.5. The molecule has 112 valence electrons. The van der Waals surface area contributed by atoms with E-state index < -0.39 is 0 Å². The number of hydrogen-bond acceptors (Lipinski definition) is 4. The highest BCUT2D eigenvalue weighted by Gasteiger charge is 2.12. The minimum atomic E-state index is -0.228. The fraction of sp³-hybridized carbons (Fsp3) is 0.375. The normalized spacial score (nSPS) is 11.3. The highest BCUT2D eigenvalue weighted by Crippen LogP contribution is 2.15. The lowest BCUT2D eigenvalue weighted by molar-refractivity contribution is 0.625. The fourth-order valence-electron chi connectivity index (χ4n) is 1.85. The SMILES string of the molecule is Cc1cc(NCc2ccc(F)cc2)nc(NC(C)(C)C)n1. The number of aromatic nitrogens is 2. The van der Waals surface area contributed by atoms with Crippen molar-refractivity contribution in [2.24, 2.45) is 0 Å². The number of nitrogens with zero attached hydrogens (tertiary/aromatic N) is 2. The number of benzene rings is 1. The summed E-state index contributed by atoms with van der Waals surface area (Å²) < 4.78 is 12.9. The van der Waals surface area contributed by atoms with Gasteiger partial charge in [0.2, 0.25) is 5.95 Å². The Hall–Kier alpha value is -2.17. The Bertz CT molecular complexity index is 603. The molecule has 0 bridgehead atoms. The number of halogens is 1. The number of nitrogens with one attached hydrogen (secondary N) is 2. The Morgan fingerprint density at radius 3 is 2.38 bits per heavy atom. The first-order valence-electron chi connectivity index (χ1n) is 6.94. The average molecular weight is 288 g/mol. The quantitative estimate of drug-likeness (QED) is 0.899. The lowest BCUT2D eigenvalue weighted by atomic mass is 10.1. The van der Waals surface area contributed by atoms with Crippen LogP contribution in [0.5, 0.6) is 0 Å². The van der Waals surface area contributed by atoms with E-state index in [1.807, 2.05) is 13.0 Å². The van der Waals surface area contributed by atoms with Crippen LogP contribution in [0.15, 0.2) is 30.3 Å². The zero-order valence-corrected chi connectivity index (χ0v) is 12.9. The molecule has 2 rings (SSSR count). The minimum Gasteiger partial charge on any atom is -0.366 e. The van der Waals surface area contributed by atoms with Crippen molar-refractivity contribution in [3.05, 3.63) is 47.4 Å². The molecular formula is C16H21FN4. The molecule has 0 amide bonds. The highest BCUT2D eigenvalue weighted by molar-refractivity contribution is 5.43. The average Bonchev–Trinajstić information content (AvgIpc) is 2.35. The number of rotatable bonds is 4. The Labute approximate surface area is 124 Å². The largest absolute Gasteiger partial charge is 0.366 e. The molecule has 0 unspecified atom stereocenters. The molecule has 0 atom stereocenters. The summed E-state index contributed by atoms with van der Waals surface area (Å²) in [4.78, 5) is 8.82. The van der Waals surface area contributed by atoms with Gasteiger partial charge < -0.3 is 10.6 Å². The van der Waals surface area contributed by atoms with Gasteiger partial charge in [-0.05, 0) is 45.4 Å². The summed E-state index contributed by atoms with van der Waals surface area (Å²) >= 11 is 0. The third-order valence-corrected chi connectivity index (χ3v) is 2.73. The van der Waals surface area contributed by atoms with Gasteiger partial charge in [0.1, 0.15) is 11.6 Å². The van der Waals surface area contributed by atoms with E-state index in [1.54, 1.807) is 12.1 Å². The molecule has 0 saturated carbocycles. The third kappa shape index (κ3) is 5.02. The summed E-state index contributed by atoms with van der Waals surface area (Å²) in [6.07, 6.45) is 0. The van der Waals surface area contributed by atoms with Crippen LogP contribution < -0.4 is 10.6 Å². The zero-order valence-electron chi connectivity index (χ0n) is 12.9. The van der Waals surface area contributed by atoms with Crippen LogP contribution in [-0.2, 0) is 6.54 Å². The van der Waals surface area contributed by atoms with Gasteiger partial charge in [-0.2, -0.15) is 4.98 Å². The van der Waals surface area contributed by atoms with Gasteiger partial charge in [-0.25, -0.2) is 9.37 Å². The van der Waals surface area contributed by atoms with Gasteiger partial charge in [-0.15, -0.1) is 0 Å². The molecule has 0 aliphatic rings. The molecule has 1 aromatic heterocycles. The summed E-state index contributed by atoms with van der Waals surface area (Å²) in [6.45, 7) is 8.70. The maximum Gasteiger partial charge on any atom is 0.225 e. The van der Waals surface area contributed by atoms with Crippen LogP contribution in [0.3, 0.4) is 0 Å². The molecule has 5 heteroatoms. The summed E-state index contributed by atoms with van der Waals surface area (Å²) in [7, 11) is 0. The molecule has 2 N–H and O–H groups in total. The molecule has 4 nitrogen and oxygen atoms in total. The molecule has 0 aliphatic carbocycles. The Morgan fingerprint density at radius 1 is 1.10 bits per heavy atom. The van der Waals surface area contributed by atoms with E-state index in [9.17, 15) is 4.39 Å². The molecule has 0 saturated heterocycles. The minimum absolute atomic E-state index is 0.0952. The number of hydrogen-bond donors (Lipinski definition) is 2. The van der Waals surface area contributed by atoms with Gasteiger partial charge >= 0.3 is 0 Å². The Balaban J connectivity index is 2.07. The summed E-state index contributed by atoms with van der Waals surface area (Å²) in [5, 5.41) is 6.49. The van der Waals surface area contributed by atoms with Crippen molar-refractivity contribution < 1.29 is 4.39 Å². The molecule has 0 spiro atoms. The van der Waals surface area contributed by atoms with E-state index in [2.05, 4.69) is 41.4 Å². The van der Waals surface area contributed by atoms with E-state index in [1.165, 1.54) is 12.1 Å². The van der Waals surface area contributed by atoms with Crippen LogP contribution >= 0.6 is 0 Å². The predicted molar refractivity (Wildman–Crippen MR) is 83.9 cm³/mol. The lowest BCUT2D eigenvalue weighted by Crippen LogP contribution is -2.27. The Morgan fingerprint density at radius 2 is 1.76 bits per heavy atom. The summed E-state index contributed by atoms with van der Waals surface area (Å²) in [5.41, 5.74) is 1.79. The molecule has 1 heterocycles. The first-order chi connectivity index (χ1) is 9.82. The van der Waals surface area contributed by atoms with Crippen molar-refractivity contribution in [2.75, 3.05) is 10.6 Å². The van der Waals surface area contributed by atoms with E-state index in [-0.39, 0.29) is 11.4 Å². The van der Waals surface area contributed by atoms with Crippen molar-refractivity contribution in [2.45, 2.75) is 39.8 Å². The smallest absolute Gasteiger partial charge is 0.225 e. The second-order valence-electron chi connectivity index (χ2n) is 6.07. The predicted octanol–water partition coefficient (Wildman–Crippen LogP) is 3.75. The van der Waals surface area contributed by atoms with Crippen LogP contribution in [0.2, 0.25) is 0 Å². The van der Waals surface area contributed by atoms with E-state index in [0.717, 1.165) is 17.1 Å². The highest BCUT2D eigenvalue weighted by atomic mass is 19.1. The molecule has 0 aliphatic heterocycles. The van der Waals surface area contributed by atoms with Gasteiger partial charge in [0.25, 0.3) is 0 Å². The van der Waals surface area contributed by atoms with Gasteiger partial charge in [0, 0.05) is 23.8 Å². The van der Waals surface area contributed by atoms with Gasteiger partial charge in [0.05, 0.1) is 0 Å². The van der Waals surface area contributed by atoms with Gasteiger partial charge in [-0.1, -0.05) is 12.1 Å². The summed E-state index contributed by atoms with van der Waals surface area (Å²) in [6, 6.07) is 8.30. The number of anilines is 2. The van der Waals surface area contributed by atoms with Gasteiger partial charge in [-0.3, -0.25) is 0 Å². The van der Waals surface area contributed by atoms with Crippen molar-refractivity contribution in [3.8, 4) is 0 Å². The van der Waals surface area contributed by atoms with Crippen LogP contribution in [-0.4, -0.2) is 15.5 Å². The van der Waals surface area contributed by atoms with E-state index in [4.69, 9.17) is 0 Å². The Kier molecular flexibility index (Phi) is 4.40. The van der Waals surface area contributed by atoms with Crippen LogP contribution in [0.25, 0.3) is 0 Å². The molecule has 0 radical (unpaired) electrons. The number of aryl methyl sites for hydroxylation is 1. The maximum absolute atomic E-state index is 12.9. The van der Waals surface area contributed by atoms with Crippen molar-refractivity contribution >= 4 is 11.8 Å². The second-order valence-corrected chi connectivity index (χ2v) is 6.07. The molecule has 1 aromatic carbocycles. The second kappa shape index (κ2) is 6.08. The van der Waals surface area contributed by atoms with Crippen LogP contribution in [0.1, 0.15) is 32.0 Å². The standard InChI is InChI=1S/C16H21FN4/c1-11-9-14(20-15(19-11)21-16(2,3)4)18-10-12-5-7-13(17)8-6-12/h5-9H,10H2,1-4H3,(H2,18,19,20,21). The van der Waals surface area contributed by atoms with Crippen molar-refractivity contribution in [1.29, 1.82) is 0 Å². The molecule has 21 heavy (non-hydrogen) atoms. The fourth-order valence-corrected chi connectivity index (χ4v) is 1.85. The maximum atomic E-state index is 12.9. The molecule has 2 aromatic rings. The van der Waals surface area contributed by atoms with Gasteiger partial charge in [0.15, 0.2) is 0 Å². The summed E-state index contributed by atoms with van der Waals surface area (Å²) in [5.74, 6) is 1.12. The van der Waals surface area contributed by atoms with Crippen LogP contribution in [0.4, 0.5) is 16.2 Å². The topological polar surface area (TPSA) is 49.8 Å². The molecule has 0 fully saturated rings. The first kappa shape index (κ1) is 15.2. The first-order valence-corrected chi connectivity index (χ1v) is 6.94. The van der Waals surface area contributed by atoms with E-state index >= 15 is 0 Å². The van der Waals surface area contributed by atoms with Crippen LogP contribution in [0, 0.1) is 12.7 Å². The van der Waals surface area contributed by atoms with Crippen molar-refractivity contribution in [3.63, 3.8) is 0 Å². The van der Waals surface area contributed by atoms with E-state index in [0.29, 0.717) is 12.5 Å². The third-order valence-electron chi connectivity index (χ3n) is 2.73.